The summed E-state index contributed by atoms with van der Waals surface area (Å²) in [5.41, 5.74) is 2.29. The minimum atomic E-state index is 0.176. The standard InChI is InChI=1S/C16H25N3O/c1-5-14(6-2)19-9-7-13(18-19)11-15(17-4)16-12(3)8-10-20-16/h7-10,14-15,17H,5-6,11H2,1-4H3. The van der Waals surface area contributed by atoms with Gasteiger partial charge in [-0.15, -0.1) is 0 Å². The molecule has 4 heteroatoms. The van der Waals surface area contributed by atoms with Crippen molar-refractivity contribution in [1.29, 1.82) is 0 Å². The van der Waals surface area contributed by atoms with Crippen LogP contribution in [0.4, 0.5) is 0 Å². The lowest BCUT2D eigenvalue weighted by molar-refractivity contribution is 0.409. The lowest BCUT2D eigenvalue weighted by Gasteiger charge is -2.14. The van der Waals surface area contributed by atoms with Crippen molar-refractivity contribution < 1.29 is 4.42 Å². The highest BCUT2D eigenvalue weighted by atomic mass is 16.3. The zero-order valence-electron chi connectivity index (χ0n) is 12.9. The molecule has 0 fully saturated rings. The van der Waals surface area contributed by atoms with Gasteiger partial charge in [0.15, 0.2) is 0 Å². The van der Waals surface area contributed by atoms with Gasteiger partial charge in [0.1, 0.15) is 5.76 Å². The number of hydrogen-bond acceptors (Lipinski definition) is 3. The average molecular weight is 275 g/mol. The molecule has 1 N–H and O–H groups in total. The van der Waals surface area contributed by atoms with Crippen LogP contribution in [0.25, 0.3) is 0 Å². The molecule has 0 spiro atoms. The Kier molecular flexibility index (Phi) is 5.01. The Morgan fingerprint density at radius 2 is 2.05 bits per heavy atom. The number of hydrogen-bond donors (Lipinski definition) is 1. The third-order valence-electron chi connectivity index (χ3n) is 3.96. The molecule has 2 rings (SSSR count). The summed E-state index contributed by atoms with van der Waals surface area (Å²) in [6.45, 7) is 6.49. The number of rotatable bonds is 7. The maximum absolute atomic E-state index is 5.59. The van der Waals surface area contributed by atoms with Crippen molar-refractivity contribution in [3.63, 3.8) is 0 Å². The summed E-state index contributed by atoms with van der Waals surface area (Å²) >= 11 is 0. The van der Waals surface area contributed by atoms with Crippen LogP contribution in [0.5, 0.6) is 0 Å². The van der Waals surface area contributed by atoms with Gasteiger partial charge >= 0.3 is 0 Å². The molecule has 20 heavy (non-hydrogen) atoms. The van der Waals surface area contributed by atoms with E-state index in [4.69, 9.17) is 9.52 Å². The second-order valence-corrected chi connectivity index (χ2v) is 5.27. The van der Waals surface area contributed by atoms with Crippen LogP contribution in [0.1, 0.15) is 55.8 Å². The Bertz CT molecular complexity index is 525. The quantitative estimate of drug-likeness (QED) is 0.838. The van der Waals surface area contributed by atoms with E-state index in [2.05, 4.69) is 43.0 Å². The van der Waals surface area contributed by atoms with E-state index in [-0.39, 0.29) is 6.04 Å². The molecular formula is C16H25N3O. The highest BCUT2D eigenvalue weighted by Gasteiger charge is 2.17. The van der Waals surface area contributed by atoms with Gasteiger partial charge in [-0.25, -0.2) is 0 Å². The second kappa shape index (κ2) is 6.75. The van der Waals surface area contributed by atoms with Gasteiger partial charge in [-0.05, 0) is 44.5 Å². The van der Waals surface area contributed by atoms with Gasteiger partial charge in [-0.1, -0.05) is 13.8 Å². The molecule has 4 nitrogen and oxygen atoms in total. The molecule has 0 saturated carbocycles. The highest BCUT2D eigenvalue weighted by molar-refractivity contribution is 5.20. The first-order valence-corrected chi connectivity index (χ1v) is 7.44. The van der Waals surface area contributed by atoms with Crippen LogP contribution in [0.3, 0.4) is 0 Å². The SMILES string of the molecule is CCC(CC)n1ccc(CC(NC)c2occc2C)n1. The van der Waals surface area contributed by atoms with Gasteiger partial charge in [-0.3, -0.25) is 4.68 Å². The number of aromatic nitrogens is 2. The van der Waals surface area contributed by atoms with Crippen molar-refractivity contribution in [2.24, 2.45) is 0 Å². The molecule has 2 heterocycles. The van der Waals surface area contributed by atoms with E-state index in [1.807, 2.05) is 13.1 Å². The first-order valence-electron chi connectivity index (χ1n) is 7.44. The summed E-state index contributed by atoms with van der Waals surface area (Å²) in [5, 5.41) is 8.03. The Balaban J connectivity index is 2.11. The topological polar surface area (TPSA) is 43.0 Å². The van der Waals surface area contributed by atoms with Crippen molar-refractivity contribution in [2.45, 2.75) is 52.1 Å². The van der Waals surface area contributed by atoms with E-state index in [1.54, 1.807) is 6.26 Å². The van der Waals surface area contributed by atoms with Crippen molar-refractivity contribution in [1.82, 2.24) is 15.1 Å². The van der Waals surface area contributed by atoms with Crippen LogP contribution in [0.15, 0.2) is 29.0 Å². The lowest BCUT2D eigenvalue weighted by atomic mass is 10.1. The minimum absolute atomic E-state index is 0.176. The maximum atomic E-state index is 5.59. The predicted molar refractivity (Wildman–Crippen MR) is 80.8 cm³/mol. The fraction of sp³-hybridized carbons (Fsp3) is 0.562. The van der Waals surface area contributed by atoms with Crippen LogP contribution in [-0.4, -0.2) is 16.8 Å². The molecule has 0 aliphatic rings. The molecule has 0 saturated heterocycles. The Morgan fingerprint density at radius 1 is 1.30 bits per heavy atom. The van der Waals surface area contributed by atoms with Crippen LogP contribution in [0.2, 0.25) is 0 Å². The number of nitrogens with zero attached hydrogens (tertiary/aromatic N) is 2. The fourth-order valence-corrected chi connectivity index (χ4v) is 2.63. The van der Waals surface area contributed by atoms with Gasteiger partial charge in [0, 0.05) is 12.6 Å². The molecule has 0 aliphatic heterocycles. The van der Waals surface area contributed by atoms with Crippen molar-refractivity contribution >= 4 is 0 Å². The maximum Gasteiger partial charge on any atom is 0.123 e. The first kappa shape index (κ1) is 14.9. The molecule has 1 atom stereocenters. The van der Waals surface area contributed by atoms with E-state index in [0.29, 0.717) is 6.04 Å². The highest BCUT2D eigenvalue weighted by Crippen LogP contribution is 2.22. The summed E-state index contributed by atoms with van der Waals surface area (Å²) in [4.78, 5) is 0. The number of furan rings is 1. The normalized spacial score (nSPS) is 13.1. The average Bonchev–Trinajstić information content (AvgIpc) is 3.07. The number of aryl methyl sites for hydroxylation is 1. The molecule has 2 aromatic heterocycles. The second-order valence-electron chi connectivity index (χ2n) is 5.27. The summed E-state index contributed by atoms with van der Waals surface area (Å²) in [7, 11) is 1.96. The van der Waals surface area contributed by atoms with Crippen LogP contribution >= 0.6 is 0 Å². The third kappa shape index (κ3) is 3.12. The van der Waals surface area contributed by atoms with Gasteiger partial charge < -0.3 is 9.73 Å². The van der Waals surface area contributed by atoms with Crippen LogP contribution in [-0.2, 0) is 6.42 Å². The van der Waals surface area contributed by atoms with Crippen molar-refractivity contribution in [3.8, 4) is 0 Å². The lowest BCUT2D eigenvalue weighted by Crippen LogP contribution is -2.19. The van der Waals surface area contributed by atoms with Gasteiger partial charge in [0.05, 0.1) is 24.0 Å². The van der Waals surface area contributed by atoms with Crippen molar-refractivity contribution in [3.05, 3.63) is 41.6 Å². The molecule has 0 bridgehead atoms. The molecule has 0 amide bonds. The summed E-state index contributed by atoms with van der Waals surface area (Å²) < 4.78 is 7.68. The van der Waals surface area contributed by atoms with Crippen LogP contribution in [0, 0.1) is 6.92 Å². The van der Waals surface area contributed by atoms with Gasteiger partial charge in [0.2, 0.25) is 0 Å². The first-order chi connectivity index (χ1) is 9.69. The van der Waals surface area contributed by atoms with Crippen molar-refractivity contribution in [2.75, 3.05) is 7.05 Å². The largest absolute Gasteiger partial charge is 0.467 e. The predicted octanol–water partition coefficient (Wildman–Crippen LogP) is 3.65. The molecule has 1 unspecified atom stereocenters. The van der Waals surface area contributed by atoms with E-state index < -0.39 is 0 Å². The summed E-state index contributed by atoms with van der Waals surface area (Å²) in [5.74, 6) is 1.00. The molecule has 0 radical (unpaired) electrons. The number of nitrogens with one attached hydrogen (secondary N) is 1. The molecule has 2 aromatic rings. The van der Waals surface area contributed by atoms with E-state index >= 15 is 0 Å². The molecule has 110 valence electrons. The summed E-state index contributed by atoms with van der Waals surface area (Å²) in [6.07, 6.45) is 6.92. The molecule has 0 aliphatic carbocycles. The van der Waals surface area contributed by atoms with Gasteiger partial charge in [0.25, 0.3) is 0 Å². The van der Waals surface area contributed by atoms with Crippen LogP contribution < -0.4 is 5.32 Å². The number of likely N-dealkylation sites (N-methyl/N-ethyl adjacent to an activating group) is 1. The Morgan fingerprint density at radius 3 is 2.60 bits per heavy atom. The molecular weight excluding hydrogens is 250 g/mol. The van der Waals surface area contributed by atoms with E-state index in [1.165, 1.54) is 5.56 Å². The zero-order valence-corrected chi connectivity index (χ0v) is 12.9. The van der Waals surface area contributed by atoms with Gasteiger partial charge in [-0.2, -0.15) is 5.10 Å². The third-order valence-corrected chi connectivity index (χ3v) is 3.96. The Labute approximate surface area is 121 Å². The monoisotopic (exact) mass is 275 g/mol. The summed E-state index contributed by atoms with van der Waals surface area (Å²) in [6, 6.07) is 4.79. The minimum Gasteiger partial charge on any atom is -0.467 e. The zero-order chi connectivity index (χ0) is 14.5. The Hall–Kier alpha value is -1.55. The van der Waals surface area contributed by atoms with E-state index in [9.17, 15) is 0 Å². The molecule has 0 aromatic carbocycles. The van der Waals surface area contributed by atoms with E-state index in [0.717, 1.165) is 30.7 Å². The smallest absolute Gasteiger partial charge is 0.123 e. The fourth-order valence-electron chi connectivity index (χ4n) is 2.63.